The number of halogens is 3. The van der Waals surface area contributed by atoms with Crippen LogP contribution < -0.4 is 10.6 Å². The molecule has 2 rings (SSSR count). The van der Waals surface area contributed by atoms with Gasteiger partial charge in [-0.25, -0.2) is 0 Å². The van der Waals surface area contributed by atoms with E-state index in [1.54, 1.807) is 7.05 Å². The molecule has 7 heteroatoms. The normalized spacial score (nSPS) is 16.1. The summed E-state index contributed by atoms with van der Waals surface area (Å²) in [7, 11) is 1.56. The van der Waals surface area contributed by atoms with Gasteiger partial charge in [0.15, 0.2) is 5.96 Å². The smallest absolute Gasteiger partial charge is 0.356 e. The van der Waals surface area contributed by atoms with Crippen LogP contribution in [-0.4, -0.2) is 50.3 Å². The van der Waals surface area contributed by atoms with E-state index in [0.717, 1.165) is 26.1 Å². The van der Waals surface area contributed by atoms with Crippen molar-refractivity contribution >= 4 is 5.96 Å². The molecule has 1 aliphatic rings. The Labute approximate surface area is 134 Å². The number of hydrogen-bond acceptors (Lipinski definition) is 2. The SMILES string of the molecule is CN=C(NCCN1CCc2ccccc2C1)NCCC(F)(F)F. The van der Waals surface area contributed by atoms with Crippen LogP contribution >= 0.6 is 0 Å². The zero-order valence-electron chi connectivity index (χ0n) is 13.3. The van der Waals surface area contributed by atoms with Gasteiger partial charge in [0.25, 0.3) is 0 Å². The van der Waals surface area contributed by atoms with E-state index in [1.807, 2.05) is 6.07 Å². The molecular formula is C16H23F3N4. The number of fused-ring (bicyclic) bond motifs is 1. The van der Waals surface area contributed by atoms with Gasteiger partial charge in [-0.2, -0.15) is 13.2 Å². The molecule has 0 saturated heterocycles. The number of nitrogens with one attached hydrogen (secondary N) is 2. The van der Waals surface area contributed by atoms with Gasteiger partial charge in [0, 0.05) is 39.8 Å². The minimum Gasteiger partial charge on any atom is -0.356 e. The average Bonchev–Trinajstić information content (AvgIpc) is 2.52. The molecule has 0 fully saturated rings. The molecule has 0 spiro atoms. The number of nitrogens with zero attached hydrogens (tertiary/aromatic N) is 2. The zero-order chi connectivity index (χ0) is 16.7. The Balaban J connectivity index is 1.68. The number of benzene rings is 1. The number of rotatable bonds is 5. The summed E-state index contributed by atoms with van der Waals surface area (Å²) in [6.07, 6.45) is -3.97. The van der Waals surface area contributed by atoms with E-state index < -0.39 is 12.6 Å². The van der Waals surface area contributed by atoms with E-state index in [1.165, 1.54) is 11.1 Å². The maximum atomic E-state index is 12.1. The molecule has 23 heavy (non-hydrogen) atoms. The van der Waals surface area contributed by atoms with E-state index >= 15 is 0 Å². The Kier molecular flexibility index (Phi) is 6.27. The predicted molar refractivity (Wildman–Crippen MR) is 85.5 cm³/mol. The van der Waals surface area contributed by atoms with Gasteiger partial charge in [-0.1, -0.05) is 24.3 Å². The molecule has 1 aromatic carbocycles. The topological polar surface area (TPSA) is 39.7 Å². The monoisotopic (exact) mass is 328 g/mol. The summed E-state index contributed by atoms with van der Waals surface area (Å²) in [4.78, 5) is 6.27. The molecule has 2 N–H and O–H groups in total. The Bertz CT molecular complexity index is 528. The van der Waals surface area contributed by atoms with Crippen LogP contribution in [0.25, 0.3) is 0 Å². The molecule has 0 unspecified atom stereocenters. The molecule has 0 atom stereocenters. The Morgan fingerprint density at radius 1 is 1.17 bits per heavy atom. The van der Waals surface area contributed by atoms with E-state index in [9.17, 15) is 13.2 Å². The first-order valence-corrected chi connectivity index (χ1v) is 7.78. The molecule has 1 aliphatic heterocycles. The van der Waals surface area contributed by atoms with Gasteiger partial charge in [-0.3, -0.25) is 9.89 Å². The first-order valence-electron chi connectivity index (χ1n) is 7.78. The summed E-state index contributed by atoms with van der Waals surface area (Å²) >= 11 is 0. The summed E-state index contributed by atoms with van der Waals surface area (Å²) in [6, 6.07) is 8.42. The van der Waals surface area contributed by atoms with Crippen LogP contribution in [0.4, 0.5) is 13.2 Å². The highest BCUT2D eigenvalue weighted by Gasteiger charge is 2.26. The standard InChI is InChI=1S/C16H23F3N4/c1-20-15(21-8-7-16(17,18)19)22-9-11-23-10-6-13-4-2-3-5-14(13)12-23/h2-5H,6-12H2,1H3,(H2,20,21,22). The number of aliphatic imine (C=N–C) groups is 1. The summed E-state index contributed by atoms with van der Waals surface area (Å²) < 4.78 is 36.4. The molecule has 0 radical (unpaired) electrons. The third-order valence-electron chi connectivity index (χ3n) is 3.85. The van der Waals surface area contributed by atoms with Gasteiger partial charge in [0.1, 0.15) is 0 Å². The molecule has 128 valence electrons. The second-order valence-corrected chi connectivity index (χ2v) is 5.59. The first-order chi connectivity index (χ1) is 11.0. The fourth-order valence-electron chi connectivity index (χ4n) is 2.62. The second kappa shape index (κ2) is 8.19. The lowest BCUT2D eigenvalue weighted by atomic mass is 10.00. The van der Waals surface area contributed by atoms with Crippen LogP contribution in [0.15, 0.2) is 29.3 Å². The molecule has 0 aliphatic carbocycles. The quantitative estimate of drug-likeness (QED) is 0.643. The third-order valence-corrected chi connectivity index (χ3v) is 3.85. The highest BCUT2D eigenvalue weighted by atomic mass is 19.4. The Morgan fingerprint density at radius 3 is 2.57 bits per heavy atom. The summed E-state index contributed by atoms with van der Waals surface area (Å²) in [5.74, 6) is 0.409. The molecule has 4 nitrogen and oxygen atoms in total. The lowest BCUT2D eigenvalue weighted by molar-refractivity contribution is -0.132. The number of guanidine groups is 1. The highest BCUT2D eigenvalue weighted by molar-refractivity contribution is 5.79. The molecular weight excluding hydrogens is 305 g/mol. The fraction of sp³-hybridized carbons (Fsp3) is 0.562. The van der Waals surface area contributed by atoms with E-state index in [4.69, 9.17) is 0 Å². The van der Waals surface area contributed by atoms with Crippen molar-refractivity contribution in [2.45, 2.75) is 25.6 Å². The molecule has 0 saturated carbocycles. The zero-order valence-corrected chi connectivity index (χ0v) is 13.3. The fourth-order valence-corrected chi connectivity index (χ4v) is 2.62. The van der Waals surface area contributed by atoms with Gasteiger partial charge in [0.05, 0.1) is 6.42 Å². The van der Waals surface area contributed by atoms with E-state index in [-0.39, 0.29) is 6.54 Å². The van der Waals surface area contributed by atoms with Gasteiger partial charge >= 0.3 is 6.18 Å². The van der Waals surface area contributed by atoms with Crippen LogP contribution in [0.2, 0.25) is 0 Å². The molecule has 0 bridgehead atoms. The van der Waals surface area contributed by atoms with Gasteiger partial charge in [-0.15, -0.1) is 0 Å². The molecule has 1 heterocycles. The van der Waals surface area contributed by atoms with Crippen molar-refractivity contribution in [3.63, 3.8) is 0 Å². The highest BCUT2D eigenvalue weighted by Crippen LogP contribution is 2.18. The van der Waals surface area contributed by atoms with Crippen LogP contribution in [-0.2, 0) is 13.0 Å². The summed E-state index contributed by atoms with van der Waals surface area (Å²) in [5, 5.41) is 5.74. The second-order valence-electron chi connectivity index (χ2n) is 5.59. The largest absolute Gasteiger partial charge is 0.390 e. The summed E-state index contributed by atoms with van der Waals surface area (Å²) in [5.41, 5.74) is 2.76. The van der Waals surface area contributed by atoms with E-state index in [0.29, 0.717) is 12.5 Å². The maximum Gasteiger partial charge on any atom is 0.390 e. The van der Waals surface area contributed by atoms with Crippen molar-refractivity contribution in [3.8, 4) is 0 Å². The van der Waals surface area contributed by atoms with Crippen molar-refractivity contribution in [2.75, 3.05) is 33.2 Å². The van der Waals surface area contributed by atoms with Crippen molar-refractivity contribution < 1.29 is 13.2 Å². The first kappa shape index (κ1) is 17.6. The third kappa shape index (κ3) is 6.09. The van der Waals surface area contributed by atoms with Gasteiger partial charge in [-0.05, 0) is 17.5 Å². The van der Waals surface area contributed by atoms with Crippen molar-refractivity contribution in [1.29, 1.82) is 0 Å². The predicted octanol–water partition coefficient (Wildman–Crippen LogP) is 2.16. The minimum absolute atomic E-state index is 0.166. The number of alkyl halides is 3. The van der Waals surface area contributed by atoms with Gasteiger partial charge in [0.2, 0.25) is 0 Å². The van der Waals surface area contributed by atoms with Crippen LogP contribution in [0.3, 0.4) is 0 Å². The lowest BCUT2D eigenvalue weighted by Gasteiger charge is -2.28. The average molecular weight is 328 g/mol. The lowest BCUT2D eigenvalue weighted by Crippen LogP contribution is -2.43. The van der Waals surface area contributed by atoms with Crippen molar-refractivity contribution in [1.82, 2.24) is 15.5 Å². The van der Waals surface area contributed by atoms with Crippen molar-refractivity contribution in [3.05, 3.63) is 35.4 Å². The summed E-state index contributed by atoms with van der Waals surface area (Å²) in [6.45, 7) is 3.22. The van der Waals surface area contributed by atoms with Crippen LogP contribution in [0.1, 0.15) is 17.5 Å². The molecule has 1 aromatic rings. The molecule has 0 amide bonds. The van der Waals surface area contributed by atoms with E-state index in [2.05, 4.69) is 38.7 Å². The van der Waals surface area contributed by atoms with Crippen molar-refractivity contribution in [2.24, 2.45) is 4.99 Å². The maximum absolute atomic E-state index is 12.1. The van der Waals surface area contributed by atoms with Crippen LogP contribution in [0, 0.1) is 0 Å². The minimum atomic E-state index is -4.15. The Hall–Kier alpha value is -1.76. The Morgan fingerprint density at radius 2 is 1.87 bits per heavy atom. The van der Waals surface area contributed by atoms with Gasteiger partial charge < -0.3 is 10.6 Å². The van der Waals surface area contributed by atoms with Crippen LogP contribution in [0.5, 0.6) is 0 Å². The molecule has 0 aromatic heterocycles. The number of hydrogen-bond donors (Lipinski definition) is 2.